The zero-order valence-electron chi connectivity index (χ0n) is 12.1. The van der Waals surface area contributed by atoms with Gasteiger partial charge in [-0.2, -0.15) is 5.10 Å². The maximum Gasteiger partial charge on any atom is 0.316 e. The first-order chi connectivity index (χ1) is 9.49. The number of carbonyl (C=O) groups is 2. The Morgan fingerprint density at radius 1 is 1.40 bits per heavy atom. The van der Waals surface area contributed by atoms with E-state index < -0.39 is 11.9 Å². The predicted octanol–water partition coefficient (Wildman–Crippen LogP) is 2.20. The minimum atomic E-state index is -0.813. The Labute approximate surface area is 117 Å². The van der Waals surface area contributed by atoms with Crippen LogP contribution in [0.25, 0.3) is 5.52 Å². The van der Waals surface area contributed by atoms with Crippen molar-refractivity contribution < 1.29 is 14.3 Å². The molecule has 1 unspecified atom stereocenters. The molecular weight excluding hydrogens is 256 g/mol. The number of aromatic nitrogens is 2. The minimum Gasteiger partial charge on any atom is -0.468 e. The monoisotopic (exact) mass is 274 g/mol. The topological polar surface area (TPSA) is 60.7 Å². The number of carbonyl (C=O) groups excluding carboxylic acids is 2. The molecule has 0 aromatic carbocycles. The van der Waals surface area contributed by atoms with Crippen LogP contribution in [-0.2, 0) is 16.0 Å². The Hall–Kier alpha value is -2.17. The van der Waals surface area contributed by atoms with Crippen LogP contribution in [0.3, 0.4) is 0 Å². The zero-order chi connectivity index (χ0) is 14.9. The van der Waals surface area contributed by atoms with Crippen LogP contribution >= 0.6 is 0 Å². The predicted molar refractivity (Wildman–Crippen MR) is 74.8 cm³/mol. The molecular formula is C15H18N2O3. The maximum absolute atomic E-state index is 12.4. The quantitative estimate of drug-likeness (QED) is 0.487. The van der Waals surface area contributed by atoms with Crippen molar-refractivity contribution in [1.82, 2.24) is 9.61 Å². The standard InChI is InChI=1S/C15H18N2O3/c1-5-11-8-13-12(7-6-9(2)17(13)16-11)14(18)10(3)15(19)20-4/h6-8,10H,5H2,1-4H3. The lowest BCUT2D eigenvalue weighted by Crippen LogP contribution is -2.23. The fraction of sp³-hybridized carbons (Fsp3) is 0.400. The highest BCUT2D eigenvalue weighted by Gasteiger charge is 2.25. The number of pyridine rings is 1. The van der Waals surface area contributed by atoms with Gasteiger partial charge in [-0.25, -0.2) is 4.52 Å². The van der Waals surface area contributed by atoms with E-state index in [9.17, 15) is 9.59 Å². The normalized spacial score (nSPS) is 12.4. The number of hydrogen-bond acceptors (Lipinski definition) is 4. The number of fused-ring (bicyclic) bond motifs is 1. The van der Waals surface area contributed by atoms with Gasteiger partial charge in [0.2, 0.25) is 0 Å². The molecule has 0 aliphatic heterocycles. The summed E-state index contributed by atoms with van der Waals surface area (Å²) in [6, 6.07) is 5.47. The lowest BCUT2D eigenvalue weighted by molar-refractivity contribution is -0.143. The summed E-state index contributed by atoms with van der Waals surface area (Å²) in [6.45, 7) is 5.49. The molecule has 0 amide bonds. The van der Waals surface area contributed by atoms with Crippen molar-refractivity contribution >= 4 is 17.3 Å². The Morgan fingerprint density at radius 3 is 2.70 bits per heavy atom. The highest BCUT2D eigenvalue weighted by atomic mass is 16.5. The molecule has 0 aliphatic carbocycles. The first kappa shape index (κ1) is 14.2. The molecule has 2 aromatic rings. The molecule has 0 saturated carbocycles. The molecule has 2 heterocycles. The fourth-order valence-electron chi connectivity index (χ4n) is 2.15. The van der Waals surface area contributed by atoms with E-state index in [2.05, 4.69) is 9.84 Å². The molecule has 106 valence electrons. The van der Waals surface area contributed by atoms with Crippen molar-refractivity contribution in [3.63, 3.8) is 0 Å². The molecule has 0 saturated heterocycles. The van der Waals surface area contributed by atoms with Gasteiger partial charge in [0.05, 0.1) is 18.3 Å². The first-order valence-corrected chi connectivity index (χ1v) is 6.59. The number of methoxy groups -OCH3 is 1. The summed E-state index contributed by atoms with van der Waals surface area (Å²) in [5, 5.41) is 4.45. The number of Topliss-reactive ketones (excluding diaryl/α,β-unsaturated/α-hetero) is 1. The highest BCUT2D eigenvalue weighted by Crippen LogP contribution is 2.19. The summed E-state index contributed by atoms with van der Waals surface area (Å²) >= 11 is 0. The number of hydrogen-bond donors (Lipinski definition) is 0. The molecule has 0 spiro atoms. The van der Waals surface area contributed by atoms with Crippen molar-refractivity contribution in [3.05, 3.63) is 35.2 Å². The molecule has 5 nitrogen and oxygen atoms in total. The second kappa shape index (κ2) is 5.45. The van der Waals surface area contributed by atoms with Gasteiger partial charge in [0, 0.05) is 11.3 Å². The van der Waals surface area contributed by atoms with Gasteiger partial charge in [-0.1, -0.05) is 6.92 Å². The Morgan fingerprint density at radius 2 is 2.10 bits per heavy atom. The van der Waals surface area contributed by atoms with E-state index in [-0.39, 0.29) is 5.78 Å². The van der Waals surface area contributed by atoms with E-state index in [0.29, 0.717) is 5.56 Å². The number of ketones is 1. The SMILES string of the molecule is CCc1cc2c(C(=O)C(C)C(=O)OC)ccc(C)n2n1. The highest BCUT2D eigenvalue weighted by molar-refractivity contribution is 6.11. The first-order valence-electron chi connectivity index (χ1n) is 6.59. The fourth-order valence-corrected chi connectivity index (χ4v) is 2.15. The molecule has 2 rings (SSSR count). The Bertz CT molecular complexity index is 673. The molecule has 20 heavy (non-hydrogen) atoms. The van der Waals surface area contributed by atoms with Crippen LogP contribution in [0.4, 0.5) is 0 Å². The maximum atomic E-state index is 12.4. The van der Waals surface area contributed by atoms with Crippen molar-refractivity contribution in [3.8, 4) is 0 Å². The van der Waals surface area contributed by atoms with Gasteiger partial charge in [0.15, 0.2) is 5.78 Å². The van der Waals surface area contributed by atoms with Crippen molar-refractivity contribution in [2.75, 3.05) is 7.11 Å². The van der Waals surface area contributed by atoms with E-state index in [0.717, 1.165) is 23.3 Å². The number of aryl methyl sites for hydroxylation is 2. The van der Waals surface area contributed by atoms with Crippen LogP contribution in [0.5, 0.6) is 0 Å². The third-order valence-electron chi connectivity index (χ3n) is 3.44. The van der Waals surface area contributed by atoms with Crippen LogP contribution in [0.2, 0.25) is 0 Å². The lowest BCUT2D eigenvalue weighted by atomic mass is 9.99. The third kappa shape index (κ3) is 2.31. The van der Waals surface area contributed by atoms with E-state index in [1.54, 1.807) is 17.5 Å². The Balaban J connectivity index is 2.54. The van der Waals surface area contributed by atoms with E-state index in [1.807, 2.05) is 26.0 Å². The van der Waals surface area contributed by atoms with Gasteiger partial charge in [0.25, 0.3) is 0 Å². The van der Waals surface area contributed by atoms with Gasteiger partial charge in [0.1, 0.15) is 5.92 Å². The smallest absolute Gasteiger partial charge is 0.316 e. The van der Waals surface area contributed by atoms with Crippen LogP contribution in [0, 0.1) is 12.8 Å². The average molecular weight is 274 g/mol. The number of nitrogens with zero attached hydrogens (tertiary/aromatic N) is 2. The summed E-state index contributed by atoms with van der Waals surface area (Å²) in [5.74, 6) is -1.58. The van der Waals surface area contributed by atoms with Gasteiger partial charge in [-0.3, -0.25) is 9.59 Å². The minimum absolute atomic E-state index is 0.246. The van der Waals surface area contributed by atoms with Gasteiger partial charge in [-0.05, 0) is 38.5 Å². The Kier molecular flexibility index (Phi) is 3.88. The van der Waals surface area contributed by atoms with E-state index >= 15 is 0 Å². The summed E-state index contributed by atoms with van der Waals surface area (Å²) in [4.78, 5) is 24.0. The van der Waals surface area contributed by atoms with Crippen LogP contribution in [0.15, 0.2) is 18.2 Å². The molecule has 1 atom stereocenters. The lowest BCUT2D eigenvalue weighted by Gasteiger charge is -2.10. The molecule has 0 radical (unpaired) electrons. The zero-order valence-corrected chi connectivity index (χ0v) is 12.1. The van der Waals surface area contributed by atoms with Crippen molar-refractivity contribution in [2.45, 2.75) is 27.2 Å². The molecule has 5 heteroatoms. The second-order valence-corrected chi connectivity index (χ2v) is 4.78. The molecule has 0 N–H and O–H groups in total. The summed E-state index contributed by atoms with van der Waals surface area (Å²) in [7, 11) is 1.28. The summed E-state index contributed by atoms with van der Waals surface area (Å²) < 4.78 is 6.38. The number of rotatable bonds is 4. The number of esters is 1. The van der Waals surface area contributed by atoms with E-state index in [4.69, 9.17) is 0 Å². The average Bonchev–Trinajstić information content (AvgIpc) is 2.90. The van der Waals surface area contributed by atoms with Crippen LogP contribution in [-0.4, -0.2) is 28.5 Å². The largest absolute Gasteiger partial charge is 0.468 e. The molecule has 0 fully saturated rings. The summed E-state index contributed by atoms with van der Waals surface area (Å²) in [5.41, 5.74) is 3.10. The molecule has 0 bridgehead atoms. The second-order valence-electron chi connectivity index (χ2n) is 4.78. The van der Waals surface area contributed by atoms with Gasteiger partial charge in [-0.15, -0.1) is 0 Å². The van der Waals surface area contributed by atoms with Crippen LogP contribution < -0.4 is 0 Å². The summed E-state index contributed by atoms with van der Waals surface area (Å²) in [6.07, 6.45) is 0.793. The number of ether oxygens (including phenoxy) is 1. The van der Waals surface area contributed by atoms with Crippen molar-refractivity contribution in [1.29, 1.82) is 0 Å². The van der Waals surface area contributed by atoms with Crippen molar-refractivity contribution in [2.24, 2.45) is 5.92 Å². The van der Waals surface area contributed by atoms with Gasteiger partial charge < -0.3 is 4.74 Å². The van der Waals surface area contributed by atoms with Gasteiger partial charge >= 0.3 is 5.97 Å². The molecule has 0 aliphatic rings. The van der Waals surface area contributed by atoms with E-state index in [1.165, 1.54) is 7.11 Å². The van der Waals surface area contributed by atoms with Crippen LogP contribution in [0.1, 0.15) is 35.6 Å². The third-order valence-corrected chi connectivity index (χ3v) is 3.44. The molecule has 2 aromatic heterocycles.